The molecule has 3 heteroatoms. The molecule has 0 aliphatic heterocycles. The Morgan fingerprint density at radius 1 is 1.11 bits per heavy atom. The van der Waals surface area contributed by atoms with E-state index in [4.69, 9.17) is 4.43 Å². The average molecular weight is 509 g/mol. The Morgan fingerprint density at radius 3 is 2.25 bits per heavy atom. The van der Waals surface area contributed by atoms with Crippen LogP contribution in [-0.2, 0) is 4.43 Å². The molecule has 0 aromatic heterocycles. The lowest BCUT2D eigenvalue weighted by Crippen LogP contribution is -2.54. The lowest BCUT2D eigenvalue weighted by molar-refractivity contribution is 0.0168. The molecule has 154 valence electrons. The maximum absolute atomic E-state index is 7.24. The van der Waals surface area contributed by atoms with Gasteiger partial charge in [-0.15, -0.1) is 0 Å². The van der Waals surface area contributed by atoms with Gasteiger partial charge in [-0.3, -0.25) is 0 Å². The van der Waals surface area contributed by atoms with Crippen molar-refractivity contribution in [3.8, 4) is 0 Å². The summed E-state index contributed by atoms with van der Waals surface area (Å²) in [5.41, 5.74) is 4.53. The zero-order valence-corrected chi connectivity index (χ0v) is 22.1. The molecule has 2 aliphatic rings. The molecule has 0 saturated heterocycles. The fourth-order valence-corrected chi connectivity index (χ4v) is 7.67. The molecule has 1 aromatic rings. The Balaban J connectivity index is 2.22. The zero-order chi connectivity index (χ0) is 21.0. The van der Waals surface area contributed by atoms with Crippen molar-refractivity contribution in [3.63, 3.8) is 0 Å². The van der Waals surface area contributed by atoms with Crippen LogP contribution in [0.1, 0.15) is 66.4 Å². The summed E-state index contributed by atoms with van der Waals surface area (Å²) >= 11 is 2.61. The highest BCUT2D eigenvalue weighted by Gasteiger charge is 2.60. The van der Waals surface area contributed by atoms with Crippen LogP contribution in [-0.4, -0.2) is 14.4 Å². The highest BCUT2D eigenvalue weighted by Crippen LogP contribution is 2.67. The van der Waals surface area contributed by atoms with Gasteiger partial charge in [-0.25, -0.2) is 0 Å². The second-order valence-electron chi connectivity index (χ2n) is 10.8. The highest BCUT2D eigenvalue weighted by molar-refractivity contribution is 14.1. The van der Waals surface area contributed by atoms with Gasteiger partial charge in [0.15, 0.2) is 8.32 Å². The van der Waals surface area contributed by atoms with Crippen LogP contribution in [0.15, 0.2) is 45.6 Å². The lowest BCUT2D eigenvalue weighted by Gasteiger charge is -2.55. The van der Waals surface area contributed by atoms with Crippen LogP contribution in [0.3, 0.4) is 0 Å². The number of allylic oxidation sites excluding steroid dienone is 1. The van der Waals surface area contributed by atoms with Crippen molar-refractivity contribution in [1.29, 1.82) is 0 Å². The first kappa shape index (κ1) is 22.3. The Bertz CT molecular complexity index is 798. The summed E-state index contributed by atoms with van der Waals surface area (Å²) in [6, 6.07) is 11.1. The normalized spacial score (nSPS) is 28.0. The first-order chi connectivity index (χ1) is 12.8. The predicted octanol–water partition coefficient (Wildman–Crippen LogP) is 8.38. The molecule has 3 rings (SSSR count). The van der Waals surface area contributed by atoms with Crippen LogP contribution in [0.2, 0.25) is 18.1 Å². The summed E-state index contributed by atoms with van der Waals surface area (Å²) < 4.78 is 8.72. The zero-order valence-electron chi connectivity index (χ0n) is 18.9. The quantitative estimate of drug-likeness (QED) is 0.226. The Morgan fingerprint density at radius 2 is 1.71 bits per heavy atom. The molecule has 2 aliphatic carbocycles. The number of rotatable bonds is 3. The van der Waals surface area contributed by atoms with Crippen molar-refractivity contribution < 1.29 is 4.43 Å². The monoisotopic (exact) mass is 508 g/mol. The van der Waals surface area contributed by atoms with Crippen molar-refractivity contribution in [2.75, 3.05) is 0 Å². The summed E-state index contributed by atoms with van der Waals surface area (Å²) in [7, 11) is -1.89. The summed E-state index contributed by atoms with van der Waals surface area (Å²) in [5.74, 6) is 0. The molecule has 1 aromatic carbocycles. The van der Waals surface area contributed by atoms with E-state index in [9.17, 15) is 0 Å². The highest BCUT2D eigenvalue weighted by atomic mass is 127. The standard InChI is InChI=1S/C25H37IOSi/c1-18-13-12-16-24(5,6)25(18)21(27-28(7,8)23(2,3)4)17-20(26)22(25)19-14-10-9-11-15-19/h9-11,13-15,21H,12,16-17H2,1-8H3/t21-,25+/m1/s1. The lowest BCUT2D eigenvalue weighted by atomic mass is 9.52. The van der Waals surface area contributed by atoms with E-state index in [-0.39, 0.29) is 22.0 Å². The maximum Gasteiger partial charge on any atom is 0.192 e. The molecule has 1 spiro atoms. The van der Waals surface area contributed by atoms with Gasteiger partial charge >= 0.3 is 0 Å². The minimum atomic E-state index is -1.89. The van der Waals surface area contributed by atoms with Crippen LogP contribution in [0, 0.1) is 10.8 Å². The third-order valence-corrected chi connectivity index (χ3v) is 13.2. The molecule has 0 saturated carbocycles. The molecular formula is C25H37IOSi. The van der Waals surface area contributed by atoms with Gasteiger partial charge < -0.3 is 4.43 Å². The maximum atomic E-state index is 7.24. The molecule has 0 radical (unpaired) electrons. The van der Waals surface area contributed by atoms with Crippen molar-refractivity contribution in [2.24, 2.45) is 10.8 Å². The third kappa shape index (κ3) is 3.39. The number of hydrogen-bond donors (Lipinski definition) is 0. The Hall–Kier alpha value is -0.393. The predicted molar refractivity (Wildman–Crippen MR) is 133 cm³/mol. The van der Waals surface area contributed by atoms with Crippen LogP contribution >= 0.6 is 22.6 Å². The van der Waals surface area contributed by atoms with Crippen LogP contribution < -0.4 is 0 Å². The average Bonchev–Trinajstić information content (AvgIpc) is 2.85. The van der Waals surface area contributed by atoms with Crippen molar-refractivity contribution in [3.05, 3.63) is 51.1 Å². The summed E-state index contributed by atoms with van der Waals surface area (Å²) in [5, 5.41) is 0.214. The molecule has 0 unspecified atom stereocenters. The van der Waals surface area contributed by atoms with E-state index in [0.717, 1.165) is 6.42 Å². The van der Waals surface area contributed by atoms with E-state index in [1.807, 2.05) is 0 Å². The van der Waals surface area contributed by atoms with Gasteiger partial charge in [-0.1, -0.05) is 76.6 Å². The fourth-order valence-electron chi connectivity index (χ4n) is 5.21. The van der Waals surface area contributed by atoms with Crippen LogP contribution in [0.5, 0.6) is 0 Å². The number of benzene rings is 1. The van der Waals surface area contributed by atoms with E-state index in [1.54, 1.807) is 0 Å². The second kappa shape index (κ2) is 7.38. The van der Waals surface area contributed by atoms with Crippen molar-refractivity contribution in [2.45, 2.75) is 85.0 Å². The van der Waals surface area contributed by atoms with Gasteiger partial charge in [0.2, 0.25) is 0 Å². The van der Waals surface area contributed by atoms with Gasteiger partial charge in [-0.2, -0.15) is 0 Å². The van der Waals surface area contributed by atoms with Crippen molar-refractivity contribution >= 4 is 36.5 Å². The number of hydrogen-bond acceptors (Lipinski definition) is 1. The van der Waals surface area contributed by atoms with E-state index in [0.29, 0.717) is 0 Å². The minimum absolute atomic E-state index is 0.0430. The SMILES string of the molecule is CC1=CCCC(C)(C)[C@@]12C(c1ccccc1)=C(I)C[C@H]2O[Si](C)(C)C(C)(C)C. The van der Waals surface area contributed by atoms with Gasteiger partial charge in [0, 0.05) is 11.8 Å². The van der Waals surface area contributed by atoms with E-state index >= 15 is 0 Å². The minimum Gasteiger partial charge on any atom is -0.412 e. The molecule has 0 amide bonds. The Kier molecular flexibility index (Phi) is 5.88. The molecule has 0 heterocycles. The summed E-state index contributed by atoms with van der Waals surface area (Å²) in [6.07, 6.45) is 6.13. The van der Waals surface area contributed by atoms with Crippen LogP contribution in [0.4, 0.5) is 0 Å². The third-order valence-electron chi connectivity index (χ3n) is 7.73. The summed E-state index contributed by atoms with van der Waals surface area (Å²) in [6.45, 7) is 19.2. The molecule has 28 heavy (non-hydrogen) atoms. The molecule has 0 fully saturated rings. The van der Waals surface area contributed by atoms with Gasteiger partial charge in [-0.05, 0) is 80.6 Å². The van der Waals surface area contributed by atoms with Gasteiger partial charge in [0.1, 0.15) is 0 Å². The topological polar surface area (TPSA) is 9.23 Å². The number of halogens is 1. The Labute approximate surface area is 187 Å². The largest absolute Gasteiger partial charge is 0.412 e. The van der Waals surface area contributed by atoms with E-state index in [1.165, 1.54) is 33.1 Å². The molecule has 2 atom stereocenters. The van der Waals surface area contributed by atoms with Gasteiger partial charge in [0.05, 0.1) is 6.10 Å². The molecule has 1 nitrogen and oxygen atoms in total. The fraction of sp³-hybridized carbons (Fsp3) is 0.600. The van der Waals surface area contributed by atoms with Gasteiger partial charge in [0.25, 0.3) is 0 Å². The second-order valence-corrected chi connectivity index (χ2v) is 16.9. The van der Waals surface area contributed by atoms with E-state index in [2.05, 4.69) is 114 Å². The van der Waals surface area contributed by atoms with E-state index < -0.39 is 8.32 Å². The molecule has 0 N–H and O–H groups in total. The first-order valence-electron chi connectivity index (χ1n) is 10.6. The molecular weight excluding hydrogens is 471 g/mol. The smallest absolute Gasteiger partial charge is 0.192 e. The first-order valence-corrected chi connectivity index (χ1v) is 14.6. The molecule has 0 bridgehead atoms. The van der Waals surface area contributed by atoms with Crippen molar-refractivity contribution in [1.82, 2.24) is 0 Å². The van der Waals surface area contributed by atoms with Crippen LogP contribution in [0.25, 0.3) is 5.57 Å². The summed E-state index contributed by atoms with van der Waals surface area (Å²) in [4.78, 5) is 0.